The molecule has 102 valence electrons. The van der Waals surface area contributed by atoms with Gasteiger partial charge in [-0.05, 0) is 35.1 Å². The van der Waals surface area contributed by atoms with Crippen molar-refractivity contribution in [3.8, 4) is 0 Å². The Balaban J connectivity index is 2.29. The molecule has 2 rings (SSSR count). The number of nitrogens with zero attached hydrogens (tertiary/aromatic N) is 2. The SMILES string of the molecule is CNCc1cc(S(=O)(=O)Nc2ncccn2)c(Br)s1. The first-order valence-electron chi connectivity index (χ1n) is 5.25. The van der Waals surface area contributed by atoms with Crippen LogP contribution in [-0.4, -0.2) is 25.4 Å². The fourth-order valence-corrected chi connectivity index (χ4v) is 5.02. The molecule has 0 unspecified atom stereocenters. The summed E-state index contributed by atoms with van der Waals surface area (Å²) in [6, 6.07) is 3.24. The quantitative estimate of drug-likeness (QED) is 0.847. The lowest BCUT2D eigenvalue weighted by atomic mass is 10.5. The molecule has 0 fully saturated rings. The van der Waals surface area contributed by atoms with E-state index in [-0.39, 0.29) is 10.8 Å². The molecule has 6 nitrogen and oxygen atoms in total. The van der Waals surface area contributed by atoms with E-state index in [0.29, 0.717) is 10.3 Å². The summed E-state index contributed by atoms with van der Waals surface area (Å²) in [5, 5.41) is 2.98. The maximum absolute atomic E-state index is 12.2. The van der Waals surface area contributed by atoms with Crippen LogP contribution in [0, 0.1) is 0 Å². The number of halogens is 1. The van der Waals surface area contributed by atoms with Crippen molar-refractivity contribution in [3.63, 3.8) is 0 Å². The molecule has 0 aliphatic heterocycles. The summed E-state index contributed by atoms with van der Waals surface area (Å²) in [7, 11) is -1.88. The Morgan fingerprint density at radius 2 is 2.05 bits per heavy atom. The van der Waals surface area contributed by atoms with Crippen molar-refractivity contribution >= 4 is 43.2 Å². The third-order valence-corrected chi connectivity index (χ3v) is 5.72. The molecule has 0 saturated carbocycles. The number of aromatic nitrogens is 2. The van der Waals surface area contributed by atoms with Crippen LogP contribution in [0.2, 0.25) is 0 Å². The van der Waals surface area contributed by atoms with Crippen molar-refractivity contribution in [3.05, 3.63) is 33.2 Å². The highest BCUT2D eigenvalue weighted by Gasteiger charge is 2.21. The van der Waals surface area contributed by atoms with Crippen LogP contribution in [0.15, 0.2) is 33.2 Å². The maximum Gasteiger partial charge on any atom is 0.266 e. The summed E-state index contributed by atoms with van der Waals surface area (Å²) in [5.74, 6) is 0.0516. The van der Waals surface area contributed by atoms with Crippen LogP contribution >= 0.6 is 27.3 Å². The summed E-state index contributed by atoms with van der Waals surface area (Å²) in [4.78, 5) is 8.78. The monoisotopic (exact) mass is 362 g/mol. The van der Waals surface area contributed by atoms with Crippen molar-refractivity contribution in [2.75, 3.05) is 11.8 Å². The molecular formula is C10H11BrN4O2S2. The van der Waals surface area contributed by atoms with E-state index in [0.717, 1.165) is 4.88 Å². The second kappa shape index (κ2) is 5.95. The third kappa shape index (κ3) is 3.50. The molecule has 9 heteroatoms. The van der Waals surface area contributed by atoms with Gasteiger partial charge in [-0.3, -0.25) is 0 Å². The van der Waals surface area contributed by atoms with Crippen LogP contribution in [0.1, 0.15) is 4.88 Å². The third-order valence-electron chi connectivity index (χ3n) is 2.14. The van der Waals surface area contributed by atoms with Crippen molar-refractivity contribution in [1.82, 2.24) is 15.3 Å². The first-order valence-corrected chi connectivity index (χ1v) is 8.35. The minimum atomic E-state index is -3.68. The van der Waals surface area contributed by atoms with Crippen LogP contribution in [0.25, 0.3) is 0 Å². The second-order valence-corrected chi connectivity index (χ2v) is 7.66. The van der Waals surface area contributed by atoms with Gasteiger partial charge in [0.15, 0.2) is 0 Å². The molecule has 2 aromatic heterocycles. The zero-order valence-corrected chi connectivity index (χ0v) is 13.1. The van der Waals surface area contributed by atoms with Crippen molar-refractivity contribution < 1.29 is 8.42 Å². The summed E-state index contributed by atoms with van der Waals surface area (Å²) in [6.07, 6.45) is 2.94. The minimum absolute atomic E-state index is 0.0516. The first kappa shape index (κ1) is 14.4. The van der Waals surface area contributed by atoms with Gasteiger partial charge in [0, 0.05) is 23.8 Å². The average Bonchev–Trinajstić information content (AvgIpc) is 2.72. The van der Waals surface area contributed by atoms with Gasteiger partial charge >= 0.3 is 0 Å². The van der Waals surface area contributed by atoms with E-state index < -0.39 is 10.0 Å². The molecule has 0 aliphatic rings. The van der Waals surface area contributed by atoms with Crippen LogP contribution in [0.5, 0.6) is 0 Å². The highest BCUT2D eigenvalue weighted by Crippen LogP contribution is 2.32. The lowest BCUT2D eigenvalue weighted by Gasteiger charge is -2.04. The van der Waals surface area contributed by atoms with Gasteiger partial charge in [-0.1, -0.05) is 0 Å². The summed E-state index contributed by atoms with van der Waals surface area (Å²) in [5.41, 5.74) is 0. The molecule has 0 atom stereocenters. The Kier molecular flexibility index (Phi) is 4.50. The Labute approximate surface area is 123 Å². The number of rotatable bonds is 5. The van der Waals surface area contributed by atoms with Crippen LogP contribution in [0.4, 0.5) is 5.95 Å². The minimum Gasteiger partial charge on any atom is -0.315 e. The molecule has 0 aromatic carbocycles. The smallest absolute Gasteiger partial charge is 0.266 e. The molecule has 2 N–H and O–H groups in total. The number of hydrogen-bond donors (Lipinski definition) is 2. The molecule has 0 saturated heterocycles. The van der Waals surface area contributed by atoms with Gasteiger partial charge in [-0.25, -0.2) is 23.1 Å². The molecular weight excluding hydrogens is 352 g/mol. The highest BCUT2D eigenvalue weighted by atomic mass is 79.9. The highest BCUT2D eigenvalue weighted by molar-refractivity contribution is 9.11. The van der Waals surface area contributed by atoms with Crippen LogP contribution < -0.4 is 10.0 Å². The maximum atomic E-state index is 12.2. The second-order valence-electron chi connectivity index (χ2n) is 3.56. The van der Waals surface area contributed by atoms with Gasteiger partial charge in [0.25, 0.3) is 10.0 Å². The molecule has 19 heavy (non-hydrogen) atoms. The number of thiophene rings is 1. The molecule has 0 aliphatic carbocycles. The number of hydrogen-bond acceptors (Lipinski definition) is 6. The zero-order valence-electron chi connectivity index (χ0n) is 9.92. The van der Waals surface area contributed by atoms with Gasteiger partial charge < -0.3 is 5.32 Å². The van der Waals surface area contributed by atoms with E-state index in [9.17, 15) is 8.42 Å². The predicted molar refractivity (Wildman–Crippen MR) is 77.6 cm³/mol. The van der Waals surface area contributed by atoms with Gasteiger partial charge in [-0.2, -0.15) is 0 Å². The fraction of sp³-hybridized carbons (Fsp3) is 0.200. The lowest BCUT2D eigenvalue weighted by molar-refractivity contribution is 0.600. The van der Waals surface area contributed by atoms with E-state index >= 15 is 0 Å². The Morgan fingerprint density at radius 1 is 1.37 bits per heavy atom. The van der Waals surface area contributed by atoms with E-state index in [1.807, 2.05) is 0 Å². The molecule has 2 heterocycles. The predicted octanol–water partition coefficient (Wildman–Crippen LogP) is 1.82. The van der Waals surface area contributed by atoms with Gasteiger partial charge in [0.05, 0.1) is 3.79 Å². The Bertz CT molecular complexity index is 657. The number of anilines is 1. The summed E-state index contributed by atoms with van der Waals surface area (Å²) >= 11 is 4.64. The van der Waals surface area contributed by atoms with Crippen LogP contribution in [-0.2, 0) is 16.6 Å². The fourth-order valence-electron chi connectivity index (χ4n) is 1.37. The standard InChI is InChI=1S/C10H11BrN4O2S2/c1-12-6-7-5-8(9(11)18-7)19(16,17)15-10-13-3-2-4-14-10/h2-5,12H,6H2,1H3,(H,13,14,15). The van der Waals surface area contributed by atoms with E-state index in [1.165, 1.54) is 23.7 Å². The van der Waals surface area contributed by atoms with E-state index in [4.69, 9.17) is 0 Å². The Morgan fingerprint density at radius 3 is 2.68 bits per heavy atom. The summed E-state index contributed by atoms with van der Waals surface area (Å²) in [6.45, 7) is 0.612. The van der Waals surface area contributed by atoms with Gasteiger partial charge in [0.2, 0.25) is 5.95 Å². The molecule has 0 spiro atoms. The number of sulfonamides is 1. The molecule has 0 radical (unpaired) electrons. The normalized spacial score (nSPS) is 11.5. The Hall–Kier alpha value is -1.03. The van der Waals surface area contributed by atoms with Gasteiger partial charge in [-0.15, -0.1) is 11.3 Å². The van der Waals surface area contributed by atoms with E-state index in [1.54, 1.807) is 19.2 Å². The zero-order chi connectivity index (χ0) is 13.9. The lowest BCUT2D eigenvalue weighted by Crippen LogP contribution is -2.14. The number of nitrogens with one attached hydrogen (secondary N) is 2. The van der Waals surface area contributed by atoms with Crippen molar-refractivity contribution in [2.24, 2.45) is 0 Å². The van der Waals surface area contributed by atoms with Gasteiger partial charge in [0.1, 0.15) is 4.90 Å². The topological polar surface area (TPSA) is 84.0 Å². The molecule has 0 amide bonds. The first-order chi connectivity index (χ1) is 9.03. The molecule has 0 bridgehead atoms. The van der Waals surface area contributed by atoms with E-state index in [2.05, 4.69) is 35.9 Å². The summed E-state index contributed by atoms with van der Waals surface area (Å²) < 4.78 is 27.3. The largest absolute Gasteiger partial charge is 0.315 e. The average molecular weight is 363 g/mol. The van der Waals surface area contributed by atoms with Crippen LogP contribution in [0.3, 0.4) is 0 Å². The van der Waals surface area contributed by atoms with Crippen molar-refractivity contribution in [2.45, 2.75) is 11.4 Å². The molecule has 2 aromatic rings. The van der Waals surface area contributed by atoms with Crippen molar-refractivity contribution in [1.29, 1.82) is 0 Å².